The molecule has 0 aliphatic heterocycles. The lowest BCUT2D eigenvalue weighted by Crippen LogP contribution is -2.10. The summed E-state index contributed by atoms with van der Waals surface area (Å²) >= 11 is 3.04. The Bertz CT molecular complexity index is 385. The van der Waals surface area contributed by atoms with Gasteiger partial charge in [-0.3, -0.25) is 4.79 Å². The van der Waals surface area contributed by atoms with E-state index in [0.29, 0.717) is 0 Å². The molecule has 1 aromatic heterocycles. The van der Waals surface area contributed by atoms with E-state index in [2.05, 4.69) is 20.9 Å². The van der Waals surface area contributed by atoms with Crippen molar-refractivity contribution >= 4 is 21.9 Å². The molecular formula is C10H10BrF2NO2. The van der Waals surface area contributed by atoms with Crippen LogP contribution in [0, 0.1) is 0 Å². The zero-order valence-electron chi connectivity index (χ0n) is 8.54. The highest BCUT2D eigenvalue weighted by Crippen LogP contribution is 2.27. The van der Waals surface area contributed by atoms with Crippen molar-refractivity contribution < 1.29 is 18.3 Å². The second-order valence-electron chi connectivity index (χ2n) is 2.95. The van der Waals surface area contributed by atoms with Crippen LogP contribution < -0.4 is 0 Å². The molecule has 3 nitrogen and oxygen atoms in total. The Kier molecular flexibility index (Phi) is 4.79. The molecule has 6 heteroatoms. The number of carbonyl (C=O) groups excluding carboxylic acids is 1. The Hall–Kier alpha value is -1.04. The molecule has 0 aliphatic rings. The number of carbonyl (C=O) groups is 1. The second kappa shape index (κ2) is 5.89. The lowest BCUT2D eigenvalue weighted by Gasteiger charge is -2.09. The van der Waals surface area contributed by atoms with Crippen molar-refractivity contribution in [2.75, 3.05) is 6.61 Å². The van der Waals surface area contributed by atoms with Crippen LogP contribution in [0.5, 0.6) is 0 Å². The van der Waals surface area contributed by atoms with Crippen molar-refractivity contribution in [3.8, 4) is 0 Å². The molecule has 0 aromatic carbocycles. The third-order valence-corrected chi connectivity index (χ3v) is 2.58. The molecular weight excluding hydrogens is 284 g/mol. The minimum atomic E-state index is -2.64. The van der Waals surface area contributed by atoms with Gasteiger partial charge in [0.05, 0.1) is 13.0 Å². The van der Waals surface area contributed by atoms with E-state index in [1.54, 1.807) is 6.92 Å². The first-order chi connectivity index (χ1) is 7.56. The summed E-state index contributed by atoms with van der Waals surface area (Å²) < 4.78 is 30.2. The summed E-state index contributed by atoms with van der Waals surface area (Å²) in [7, 11) is 0. The number of ether oxygens (including phenoxy) is 1. The Morgan fingerprint density at radius 3 is 2.88 bits per heavy atom. The molecule has 1 heterocycles. The van der Waals surface area contributed by atoms with Gasteiger partial charge in [-0.05, 0) is 28.9 Å². The van der Waals surface area contributed by atoms with Crippen LogP contribution >= 0.6 is 15.9 Å². The molecule has 1 aromatic rings. The van der Waals surface area contributed by atoms with Gasteiger partial charge in [-0.2, -0.15) is 0 Å². The van der Waals surface area contributed by atoms with Gasteiger partial charge in [0.25, 0.3) is 6.43 Å². The van der Waals surface area contributed by atoms with Crippen molar-refractivity contribution in [1.82, 2.24) is 4.98 Å². The maximum atomic E-state index is 12.6. The van der Waals surface area contributed by atoms with Crippen LogP contribution in [0.15, 0.2) is 16.9 Å². The predicted octanol–water partition coefficient (Wildman–Crippen LogP) is 2.89. The van der Waals surface area contributed by atoms with E-state index in [1.807, 2.05) is 0 Å². The number of nitrogens with zero attached hydrogens (tertiary/aromatic N) is 1. The molecule has 0 spiro atoms. The number of hydrogen-bond donors (Lipinski definition) is 0. The normalized spacial score (nSPS) is 10.6. The third kappa shape index (κ3) is 3.23. The average molecular weight is 294 g/mol. The molecule has 0 aliphatic carbocycles. The van der Waals surface area contributed by atoms with Gasteiger partial charge in [0.15, 0.2) is 0 Å². The molecule has 0 radical (unpaired) electrons. The summed E-state index contributed by atoms with van der Waals surface area (Å²) in [5, 5.41) is 0. The van der Waals surface area contributed by atoms with E-state index < -0.39 is 12.4 Å². The van der Waals surface area contributed by atoms with Gasteiger partial charge in [0, 0.05) is 17.3 Å². The number of hydrogen-bond acceptors (Lipinski definition) is 3. The Labute approximate surface area is 99.9 Å². The van der Waals surface area contributed by atoms with Gasteiger partial charge >= 0.3 is 5.97 Å². The van der Waals surface area contributed by atoms with Crippen molar-refractivity contribution in [1.29, 1.82) is 0 Å². The molecule has 0 saturated carbocycles. The molecule has 0 N–H and O–H groups in total. The molecule has 0 saturated heterocycles. The van der Waals surface area contributed by atoms with Gasteiger partial charge in [-0.25, -0.2) is 13.8 Å². The summed E-state index contributed by atoms with van der Waals surface area (Å²) in [4.78, 5) is 15.0. The number of halogens is 3. The lowest BCUT2D eigenvalue weighted by atomic mass is 10.1. The fourth-order valence-electron chi connectivity index (χ4n) is 1.22. The highest BCUT2D eigenvalue weighted by molar-refractivity contribution is 9.10. The number of rotatable bonds is 4. The predicted molar refractivity (Wildman–Crippen MR) is 57.2 cm³/mol. The van der Waals surface area contributed by atoms with E-state index in [9.17, 15) is 13.6 Å². The Morgan fingerprint density at radius 2 is 2.31 bits per heavy atom. The van der Waals surface area contributed by atoms with Crippen molar-refractivity contribution in [3.05, 3.63) is 28.0 Å². The van der Waals surface area contributed by atoms with Crippen molar-refractivity contribution in [2.45, 2.75) is 19.8 Å². The van der Waals surface area contributed by atoms with Crippen LogP contribution in [0.1, 0.15) is 24.5 Å². The van der Waals surface area contributed by atoms with Crippen LogP contribution in [-0.4, -0.2) is 17.6 Å². The van der Waals surface area contributed by atoms with E-state index in [-0.39, 0.29) is 28.8 Å². The van der Waals surface area contributed by atoms with Crippen molar-refractivity contribution in [3.63, 3.8) is 0 Å². The molecule has 1 rings (SSSR count). The second-order valence-corrected chi connectivity index (χ2v) is 3.70. The van der Waals surface area contributed by atoms with Crippen LogP contribution in [0.25, 0.3) is 0 Å². The van der Waals surface area contributed by atoms with Gasteiger partial charge in [0.1, 0.15) is 4.60 Å². The van der Waals surface area contributed by atoms with Gasteiger partial charge < -0.3 is 4.74 Å². The van der Waals surface area contributed by atoms with Gasteiger partial charge in [-0.15, -0.1) is 0 Å². The largest absolute Gasteiger partial charge is 0.466 e. The van der Waals surface area contributed by atoms with E-state index in [0.717, 1.165) is 0 Å². The number of esters is 1. The molecule has 88 valence electrons. The molecule has 0 bridgehead atoms. The van der Waals surface area contributed by atoms with Crippen LogP contribution in [0.4, 0.5) is 8.78 Å². The third-order valence-electron chi connectivity index (χ3n) is 1.90. The average Bonchev–Trinajstić information content (AvgIpc) is 2.21. The number of aromatic nitrogens is 1. The van der Waals surface area contributed by atoms with Crippen LogP contribution in [-0.2, 0) is 16.0 Å². The highest BCUT2D eigenvalue weighted by atomic mass is 79.9. The van der Waals surface area contributed by atoms with E-state index in [1.165, 1.54) is 12.3 Å². The summed E-state index contributed by atoms with van der Waals surface area (Å²) in [6.07, 6.45) is -1.58. The highest BCUT2D eigenvalue weighted by Gasteiger charge is 2.18. The summed E-state index contributed by atoms with van der Waals surface area (Å²) in [5.74, 6) is -0.543. The molecule has 16 heavy (non-hydrogen) atoms. The lowest BCUT2D eigenvalue weighted by molar-refractivity contribution is -0.142. The number of alkyl halides is 2. The maximum absolute atomic E-state index is 12.6. The topological polar surface area (TPSA) is 39.2 Å². The quantitative estimate of drug-likeness (QED) is 0.633. The Morgan fingerprint density at radius 1 is 1.62 bits per heavy atom. The fourth-order valence-corrected chi connectivity index (χ4v) is 1.70. The minimum Gasteiger partial charge on any atom is -0.466 e. The van der Waals surface area contributed by atoms with Crippen LogP contribution in [0.2, 0.25) is 0 Å². The van der Waals surface area contributed by atoms with E-state index in [4.69, 9.17) is 4.74 Å². The molecule has 0 fully saturated rings. The fraction of sp³-hybridized carbons (Fsp3) is 0.400. The monoisotopic (exact) mass is 293 g/mol. The van der Waals surface area contributed by atoms with Crippen molar-refractivity contribution in [2.24, 2.45) is 0 Å². The van der Waals surface area contributed by atoms with Gasteiger partial charge in [-0.1, -0.05) is 0 Å². The SMILES string of the molecule is CCOC(=O)Cc1c(C(F)F)ccnc1Br. The van der Waals surface area contributed by atoms with Crippen LogP contribution in [0.3, 0.4) is 0 Å². The first-order valence-corrected chi connectivity index (χ1v) is 5.42. The number of pyridine rings is 1. The zero-order chi connectivity index (χ0) is 12.1. The van der Waals surface area contributed by atoms with Gasteiger partial charge in [0.2, 0.25) is 0 Å². The Balaban J connectivity index is 2.97. The maximum Gasteiger partial charge on any atom is 0.310 e. The summed E-state index contributed by atoms with van der Waals surface area (Å²) in [6, 6.07) is 1.20. The molecule has 0 amide bonds. The first kappa shape index (κ1) is 13.0. The minimum absolute atomic E-state index is 0.177. The van der Waals surface area contributed by atoms with E-state index >= 15 is 0 Å². The summed E-state index contributed by atoms with van der Waals surface area (Å²) in [5.41, 5.74) is -0.0223. The zero-order valence-corrected chi connectivity index (χ0v) is 10.1. The standard InChI is InChI=1S/C10H10BrF2NO2/c1-2-16-8(15)5-7-6(10(12)13)3-4-14-9(7)11/h3-4,10H,2,5H2,1H3. The molecule has 0 atom stereocenters. The smallest absolute Gasteiger partial charge is 0.310 e. The first-order valence-electron chi connectivity index (χ1n) is 4.63. The summed E-state index contributed by atoms with van der Waals surface area (Å²) in [6.45, 7) is 1.88. The molecule has 0 unspecified atom stereocenters.